The van der Waals surface area contributed by atoms with E-state index in [0.29, 0.717) is 21.5 Å². The van der Waals surface area contributed by atoms with Crippen LogP contribution in [0, 0.1) is 0 Å². The zero-order valence-corrected chi connectivity index (χ0v) is 12.0. The minimum absolute atomic E-state index is 0.185. The smallest absolute Gasteiger partial charge is 0.260 e. The van der Waals surface area contributed by atoms with E-state index in [2.05, 4.69) is 10.3 Å². The van der Waals surface area contributed by atoms with E-state index in [9.17, 15) is 9.59 Å². The zero-order chi connectivity index (χ0) is 14.5. The Hall–Kier alpha value is -1.92. The number of aryl methyl sites for hydroxylation is 1. The molecule has 0 saturated heterocycles. The molecule has 0 fully saturated rings. The number of halogens is 1. The number of nitrogens with two attached hydrogens (primary N) is 1. The van der Waals surface area contributed by atoms with Crippen molar-refractivity contribution in [1.29, 1.82) is 0 Å². The molecule has 0 aliphatic carbocycles. The van der Waals surface area contributed by atoms with E-state index in [0.717, 1.165) is 16.9 Å². The summed E-state index contributed by atoms with van der Waals surface area (Å²) < 4.78 is 0. The van der Waals surface area contributed by atoms with Gasteiger partial charge in [-0.05, 0) is 18.1 Å². The molecule has 1 heterocycles. The third kappa shape index (κ3) is 3.79. The van der Waals surface area contributed by atoms with Gasteiger partial charge in [0.15, 0.2) is 5.13 Å². The highest BCUT2D eigenvalue weighted by Crippen LogP contribution is 2.19. The second kappa shape index (κ2) is 6.49. The monoisotopic (exact) mass is 309 g/mol. The van der Waals surface area contributed by atoms with Gasteiger partial charge in [0.05, 0.1) is 6.20 Å². The molecule has 0 bridgehead atoms. The van der Waals surface area contributed by atoms with E-state index >= 15 is 0 Å². The Balaban J connectivity index is 1.89. The Morgan fingerprint density at radius 3 is 2.75 bits per heavy atom. The number of primary amides is 1. The molecule has 3 N–H and O–H groups in total. The van der Waals surface area contributed by atoms with Crippen molar-refractivity contribution in [3.8, 4) is 0 Å². The molecule has 0 aliphatic rings. The van der Waals surface area contributed by atoms with Crippen molar-refractivity contribution in [3.05, 3.63) is 45.9 Å². The van der Waals surface area contributed by atoms with Crippen molar-refractivity contribution in [2.45, 2.75) is 12.8 Å². The first-order valence-electron chi connectivity index (χ1n) is 5.85. The van der Waals surface area contributed by atoms with Gasteiger partial charge in [-0.2, -0.15) is 0 Å². The molecule has 1 aromatic carbocycles. The van der Waals surface area contributed by atoms with E-state index in [4.69, 9.17) is 17.3 Å². The van der Waals surface area contributed by atoms with E-state index in [-0.39, 0.29) is 12.3 Å². The highest BCUT2D eigenvalue weighted by molar-refractivity contribution is 7.17. The highest BCUT2D eigenvalue weighted by atomic mass is 35.5. The minimum Gasteiger partial charge on any atom is -0.365 e. The lowest BCUT2D eigenvalue weighted by Gasteiger charge is -2.03. The Labute approximate surface area is 124 Å². The van der Waals surface area contributed by atoms with Crippen molar-refractivity contribution in [1.82, 2.24) is 4.98 Å². The number of hydrogen-bond donors (Lipinski definition) is 2. The summed E-state index contributed by atoms with van der Waals surface area (Å²) in [7, 11) is 0. The summed E-state index contributed by atoms with van der Waals surface area (Å²) in [5.74, 6) is -0.741. The van der Waals surface area contributed by atoms with Crippen LogP contribution in [0.15, 0.2) is 30.5 Å². The maximum atomic E-state index is 11.8. The topological polar surface area (TPSA) is 85.1 Å². The number of amides is 2. The van der Waals surface area contributed by atoms with Crippen molar-refractivity contribution < 1.29 is 9.59 Å². The van der Waals surface area contributed by atoms with Crippen LogP contribution in [0.1, 0.15) is 21.7 Å². The molecule has 104 valence electrons. The first kappa shape index (κ1) is 14.5. The molecule has 0 radical (unpaired) electrons. The predicted molar refractivity (Wildman–Crippen MR) is 79.0 cm³/mol. The molecule has 7 heteroatoms. The summed E-state index contributed by atoms with van der Waals surface area (Å²) in [6.45, 7) is 0. The van der Waals surface area contributed by atoms with E-state index in [1.54, 1.807) is 6.07 Å². The number of nitrogens with one attached hydrogen (secondary N) is 1. The summed E-state index contributed by atoms with van der Waals surface area (Å²) in [4.78, 5) is 26.9. The Kier molecular flexibility index (Phi) is 4.70. The van der Waals surface area contributed by atoms with E-state index in [1.165, 1.54) is 6.20 Å². The average molecular weight is 310 g/mol. The van der Waals surface area contributed by atoms with Gasteiger partial charge in [-0.25, -0.2) is 4.98 Å². The van der Waals surface area contributed by atoms with Crippen LogP contribution in [0.4, 0.5) is 5.13 Å². The standard InChI is InChI=1S/C13H12ClN3O2S/c14-9-4-2-1-3-8(9)5-6-11(18)17-13-16-7-10(20-13)12(15)19/h1-4,7H,5-6H2,(H2,15,19)(H,16,17,18). The van der Waals surface area contributed by atoms with Gasteiger partial charge in [0.25, 0.3) is 5.91 Å². The van der Waals surface area contributed by atoms with Gasteiger partial charge in [0.1, 0.15) is 4.88 Å². The van der Waals surface area contributed by atoms with E-state index < -0.39 is 5.91 Å². The fourth-order valence-electron chi connectivity index (χ4n) is 1.58. The van der Waals surface area contributed by atoms with Crippen LogP contribution >= 0.6 is 22.9 Å². The third-order valence-corrected chi connectivity index (χ3v) is 3.87. The number of carbonyl (C=O) groups is 2. The van der Waals surface area contributed by atoms with Gasteiger partial charge in [-0.3, -0.25) is 9.59 Å². The van der Waals surface area contributed by atoms with Gasteiger partial charge < -0.3 is 11.1 Å². The Morgan fingerprint density at radius 1 is 1.35 bits per heavy atom. The maximum absolute atomic E-state index is 11.8. The average Bonchev–Trinajstić information content (AvgIpc) is 2.86. The van der Waals surface area contributed by atoms with Crippen molar-refractivity contribution in [3.63, 3.8) is 0 Å². The molecular weight excluding hydrogens is 298 g/mol. The molecule has 0 aliphatic heterocycles. The SMILES string of the molecule is NC(=O)c1cnc(NC(=O)CCc2ccccc2Cl)s1. The van der Waals surface area contributed by atoms with Crippen molar-refractivity contribution in [2.24, 2.45) is 5.73 Å². The molecule has 2 rings (SSSR count). The summed E-state index contributed by atoms with van der Waals surface area (Å²) in [6.07, 6.45) is 2.17. The fraction of sp³-hybridized carbons (Fsp3) is 0.154. The van der Waals surface area contributed by atoms with Crippen LogP contribution in [0.25, 0.3) is 0 Å². The molecule has 5 nitrogen and oxygen atoms in total. The number of anilines is 1. The first-order valence-corrected chi connectivity index (χ1v) is 7.04. The van der Waals surface area contributed by atoms with Gasteiger partial charge in [0, 0.05) is 11.4 Å². The Morgan fingerprint density at radius 2 is 2.10 bits per heavy atom. The zero-order valence-electron chi connectivity index (χ0n) is 10.4. The lowest BCUT2D eigenvalue weighted by Crippen LogP contribution is -2.12. The summed E-state index contributed by atoms with van der Waals surface area (Å²) in [5, 5.41) is 3.63. The maximum Gasteiger partial charge on any atom is 0.260 e. The quantitative estimate of drug-likeness (QED) is 0.889. The largest absolute Gasteiger partial charge is 0.365 e. The molecule has 2 aromatic rings. The molecule has 0 unspecified atom stereocenters. The normalized spacial score (nSPS) is 10.2. The summed E-state index contributed by atoms with van der Waals surface area (Å²) >= 11 is 7.06. The van der Waals surface area contributed by atoms with Crippen molar-refractivity contribution in [2.75, 3.05) is 5.32 Å². The van der Waals surface area contributed by atoms with Gasteiger partial charge in [-0.15, -0.1) is 0 Å². The van der Waals surface area contributed by atoms with Crippen LogP contribution in [-0.2, 0) is 11.2 Å². The molecule has 0 atom stereocenters. The number of thiazole rings is 1. The van der Waals surface area contributed by atoms with Gasteiger partial charge >= 0.3 is 0 Å². The second-order valence-corrected chi connectivity index (χ2v) is 5.47. The number of carbonyl (C=O) groups excluding carboxylic acids is 2. The number of aromatic nitrogens is 1. The lowest BCUT2D eigenvalue weighted by molar-refractivity contribution is -0.116. The molecule has 2 amide bonds. The van der Waals surface area contributed by atoms with Crippen LogP contribution in [0.2, 0.25) is 5.02 Å². The first-order chi connectivity index (χ1) is 9.56. The molecule has 0 saturated carbocycles. The highest BCUT2D eigenvalue weighted by Gasteiger charge is 2.10. The number of benzene rings is 1. The summed E-state index contributed by atoms with van der Waals surface area (Å²) in [5.41, 5.74) is 6.03. The second-order valence-electron chi connectivity index (χ2n) is 4.03. The third-order valence-electron chi connectivity index (χ3n) is 2.57. The van der Waals surface area contributed by atoms with Gasteiger partial charge in [0.2, 0.25) is 5.91 Å². The molecule has 20 heavy (non-hydrogen) atoms. The van der Waals surface area contributed by atoms with E-state index in [1.807, 2.05) is 18.2 Å². The molecule has 0 spiro atoms. The number of hydrogen-bond acceptors (Lipinski definition) is 4. The summed E-state index contributed by atoms with van der Waals surface area (Å²) in [6, 6.07) is 7.38. The number of rotatable bonds is 5. The number of nitrogens with zero attached hydrogens (tertiary/aromatic N) is 1. The van der Waals surface area contributed by atoms with Crippen LogP contribution in [0.5, 0.6) is 0 Å². The fourth-order valence-corrected chi connectivity index (χ4v) is 2.49. The lowest BCUT2D eigenvalue weighted by atomic mass is 10.1. The van der Waals surface area contributed by atoms with Crippen LogP contribution in [-0.4, -0.2) is 16.8 Å². The Bertz CT molecular complexity index is 642. The predicted octanol–water partition coefficient (Wildman–Crippen LogP) is 2.47. The minimum atomic E-state index is -0.556. The van der Waals surface area contributed by atoms with Crippen molar-refractivity contribution >= 4 is 39.9 Å². The van der Waals surface area contributed by atoms with Crippen LogP contribution in [0.3, 0.4) is 0 Å². The van der Waals surface area contributed by atoms with Gasteiger partial charge in [-0.1, -0.05) is 41.1 Å². The van der Waals surface area contributed by atoms with Crippen LogP contribution < -0.4 is 11.1 Å². The molecule has 1 aromatic heterocycles. The molecular formula is C13H12ClN3O2S.